The summed E-state index contributed by atoms with van der Waals surface area (Å²) < 4.78 is 25.9. The van der Waals surface area contributed by atoms with Crippen molar-refractivity contribution in [1.29, 1.82) is 0 Å². The molecule has 0 bridgehead atoms. The largest absolute Gasteiger partial charge is 0.303 e. The smallest absolute Gasteiger partial charge is 0.123 e. The van der Waals surface area contributed by atoms with E-state index >= 15 is 0 Å². The van der Waals surface area contributed by atoms with Crippen molar-refractivity contribution in [3.05, 3.63) is 71.3 Å². The number of likely N-dealkylation sites (tertiary alicyclic amines) is 1. The fourth-order valence-corrected chi connectivity index (χ4v) is 3.38. The van der Waals surface area contributed by atoms with Crippen molar-refractivity contribution in [2.75, 3.05) is 19.6 Å². The Balaban J connectivity index is 1.40. The van der Waals surface area contributed by atoms with Gasteiger partial charge in [-0.15, -0.1) is 0 Å². The Morgan fingerprint density at radius 2 is 1.39 bits per heavy atom. The van der Waals surface area contributed by atoms with E-state index in [0.717, 1.165) is 45.3 Å². The molecule has 2 aromatic rings. The minimum Gasteiger partial charge on any atom is -0.303 e. The van der Waals surface area contributed by atoms with Crippen LogP contribution in [0.5, 0.6) is 0 Å². The summed E-state index contributed by atoms with van der Waals surface area (Å²) >= 11 is 0. The third kappa shape index (κ3) is 4.61. The number of rotatable bonds is 5. The predicted molar refractivity (Wildman–Crippen MR) is 89.5 cm³/mol. The van der Waals surface area contributed by atoms with Gasteiger partial charge in [0, 0.05) is 0 Å². The molecule has 0 radical (unpaired) electrons. The first kappa shape index (κ1) is 16.1. The molecule has 1 saturated heterocycles. The Morgan fingerprint density at radius 3 is 2.00 bits per heavy atom. The molecule has 0 N–H and O–H groups in total. The first-order valence-corrected chi connectivity index (χ1v) is 8.43. The van der Waals surface area contributed by atoms with Crippen LogP contribution in [0.2, 0.25) is 0 Å². The Bertz CT molecular complexity index is 596. The van der Waals surface area contributed by atoms with Crippen molar-refractivity contribution in [2.45, 2.75) is 31.6 Å². The molecule has 1 fully saturated rings. The Labute approximate surface area is 136 Å². The monoisotopic (exact) mass is 315 g/mol. The Morgan fingerprint density at radius 1 is 0.826 bits per heavy atom. The summed E-state index contributed by atoms with van der Waals surface area (Å²) in [5.74, 6) is 0.229. The minimum absolute atomic E-state index is 0.160. The normalized spacial score (nSPS) is 16.6. The molecule has 3 rings (SSSR count). The molecule has 1 nitrogen and oxygen atoms in total. The summed E-state index contributed by atoms with van der Waals surface area (Å²) in [5.41, 5.74) is 2.46. The first-order chi connectivity index (χ1) is 11.2. The zero-order valence-corrected chi connectivity index (χ0v) is 13.3. The van der Waals surface area contributed by atoms with Crippen LogP contribution in [0.3, 0.4) is 0 Å². The summed E-state index contributed by atoms with van der Waals surface area (Å²) in [7, 11) is 0. The van der Waals surface area contributed by atoms with E-state index in [1.807, 2.05) is 24.3 Å². The van der Waals surface area contributed by atoms with Crippen molar-refractivity contribution in [1.82, 2.24) is 4.90 Å². The van der Waals surface area contributed by atoms with Crippen LogP contribution in [0.4, 0.5) is 8.78 Å². The fourth-order valence-electron chi connectivity index (χ4n) is 3.38. The highest BCUT2D eigenvalue weighted by Gasteiger charge is 2.20. The molecule has 2 aromatic carbocycles. The van der Waals surface area contributed by atoms with E-state index in [2.05, 4.69) is 4.90 Å². The van der Waals surface area contributed by atoms with Gasteiger partial charge in [-0.2, -0.15) is 0 Å². The lowest BCUT2D eigenvalue weighted by molar-refractivity contribution is 0.210. The predicted octanol–water partition coefficient (Wildman–Crippen LogP) is 4.78. The second-order valence-corrected chi connectivity index (χ2v) is 6.40. The van der Waals surface area contributed by atoms with E-state index in [1.165, 1.54) is 23.3 Å². The number of benzene rings is 2. The van der Waals surface area contributed by atoms with Crippen LogP contribution in [0.15, 0.2) is 48.5 Å². The molecule has 23 heavy (non-hydrogen) atoms. The molecule has 122 valence electrons. The topological polar surface area (TPSA) is 3.24 Å². The highest BCUT2D eigenvalue weighted by atomic mass is 19.1. The number of hydrogen-bond donors (Lipinski definition) is 0. The molecule has 0 unspecified atom stereocenters. The zero-order valence-electron chi connectivity index (χ0n) is 13.3. The van der Waals surface area contributed by atoms with Crippen molar-refractivity contribution in [3.8, 4) is 0 Å². The van der Waals surface area contributed by atoms with Gasteiger partial charge in [0.05, 0.1) is 0 Å². The molecule has 0 aliphatic carbocycles. The van der Waals surface area contributed by atoms with Crippen LogP contribution in [0.25, 0.3) is 0 Å². The molecule has 0 atom stereocenters. The fraction of sp³-hybridized carbons (Fsp3) is 0.400. The van der Waals surface area contributed by atoms with Gasteiger partial charge in [0.2, 0.25) is 0 Å². The molecule has 0 saturated carbocycles. The Kier molecular flexibility index (Phi) is 5.39. The van der Waals surface area contributed by atoms with Gasteiger partial charge in [-0.25, -0.2) is 8.78 Å². The second-order valence-electron chi connectivity index (χ2n) is 6.40. The number of aryl methyl sites for hydroxylation is 1. The maximum Gasteiger partial charge on any atom is 0.123 e. The van der Waals surface area contributed by atoms with Gasteiger partial charge in [0.15, 0.2) is 0 Å². The van der Waals surface area contributed by atoms with Crippen LogP contribution in [-0.2, 0) is 6.42 Å². The van der Waals surface area contributed by atoms with Crippen molar-refractivity contribution < 1.29 is 8.78 Å². The van der Waals surface area contributed by atoms with Crippen LogP contribution in [0.1, 0.15) is 36.3 Å². The van der Waals surface area contributed by atoms with Gasteiger partial charge in [0.25, 0.3) is 0 Å². The number of nitrogens with zero attached hydrogens (tertiary/aromatic N) is 1. The molecule has 1 heterocycles. The Hall–Kier alpha value is -1.74. The highest BCUT2D eigenvalue weighted by Crippen LogP contribution is 2.28. The lowest BCUT2D eigenvalue weighted by Gasteiger charge is -2.32. The maximum atomic E-state index is 13.0. The maximum absolute atomic E-state index is 13.0. The van der Waals surface area contributed by atoms with Crippen molar-refractivity contribution in [2.24, 2.45) is 0 Å². The zero-order chi connectivity index (χ0) is 16.1. The standard InChI is InChI=1S/C20H23F2N/c21-19-7-3-16(4-8-19)2-1-13-23-14-11-18(12-15-23)17-5-9-20(22)10-6-17/h3-10,18H,1-2,11-15H2. The van der Waals surface area contributed by atoms with E-state index < -0.39 is 0 Å². The van der Waals surface area contributed by atoms with E-state index in [0.29, 0.717) is 5.92 Å². The molecule has 0 spiro atoms. The van der Waals surface area contributed by atoms with Crippen LogP contribution in [-0.4, -0.2) is 24.5 Å². The molecule has 0 amide bonds. The van der Waals surface area contributed by atoms with E-state index in [4.69, 9.17) is 0 Å². The lowest BCUT2D eigenvalue weighted by atomic mass is 9.89. The van der Waals surface area contributed by atoms with E-state index in [-0.39, 0.29) is 11.6 Å². The highest BCUT2D eigenvalue weighted by molar-refractivity contribution is 5.21. The average molecular weight is 315 g/mol. The summed E-state index contributed by atoms with van der Waals surface area (Å²) in [6, 6.07) is 13.8. The van der Waals surface area contributed by atoms with Gasteiger partial charge >= 0.3 is 0 Å². The van der Waals surface area contributed by atoms with Gasteiger partial charge in [-0.05, 0) is 86.6 Å². The molecule has 1 aliphatic rings. The average Bonchev–Trinajstić information content (AvgIpc) is 2.58. The van der Waals surface area contributed by atoms with Crippen LogP contribution < -0.4 is 0 Å². The van der Waals surface area contributed by atoms with E-state index in [9.17, 15) is 8.78 Å². The first-order valence-electron chi connectivity index (χ1n) is 8.43. The molecule has 0 aromatic heterocycles. The second kappa shape index (κ2) is 7.69. The summed E-state index contributed by atoms with van der Waals surface area (Å²) in [4.78, 5) is 2.50. The molecule has 1 aliphatic heterocycles. The molecular weight excluding hydrogens is 292 g/mol. The lowest BCUT2D eigenvalue weighted by Crippen LogP contribution is -2.33. The van der Waals surface area contributed by atoms with Crippen LogP contribution in [0, 0.1) is 11.6 Å². The number of hydrogen-bond acceptors (Lipinski definition) is 1. The number of piperidine rings is 1. The van der Waals surface area contributed by atoms with Crippen LogP contribution >= 0.6 is 0 Å². The quantitative estimate of drug-likeness (QED) is 0.768. The SMILES string of the molecule is Fc1ccc(CCCN2CCC(c3ccc(F)cc3)CC2)cc1. The third-order valence-electron chi connectivity index (χ3n) is 4.78. The van der Waals surface area contributed by atoms with Gasteiger partial charge in [-0.3, -0.25) is 0 Å². The summed E-state index contributed by atoms with van der Waals surface area (Å²) in [6.07, 6.45) is 4.38. The van der Waals surface area contributed by atoms with Gasteiger partial charge in [-0.1, -0.05) is 24.3 Å². The summed E-state index contributed by atoms with van der Waals surface area (Å²) in [5, 5.41) is 0. The van der Waals surface area contributed by atoms with Crippen molar-refractivity contribution >= 4 is 0 Å². The molecule has 3 heteroatoms. The molecular formula is C20H23F2N. The summed E-state index contributed by atoms with van der Waals surface area (Å²) in [6.45, 7) is 3.30. The van der Waals surface area contributed by atoms with Gasteiger partial charge in [0.1, 0.15) is 11.6 Å². The minimum atomic E-state index is -0.170. The van der Waals surface area contributed by atoms with E-state index in [1.54, 1.807) is 12.1 Å². The van der Waals surface area contributed by atoms with Gasteiger partial charge < -0.3 is 4.90 Å². The number of halogens is 2. The third-order valence-corrected chi connectivity index (χ3v) is 4.78. The van der Waals surface area contributed by atoms with Crippen molar-refractivity contribution in [3.63, 3.8) is 0 Å².